The monoisotopic (exact) mass is 792 g/mol. The van der Waals surface area contributed by atoms with Crippen LogP contribution in [-0.4, -0.2) is 79.2 Å². The molecule has 4 rings (SSSR count). The van der Waals surface area contributed by atoms with Gasteiger partial charge in [-0.25, -0.2) is 19.2 Å². The van der Waals surface area contributed by atoms with Crippen LogP contribution in [0.1, 0.15) is 96.8 Å². The van der Waals surface area contributed by atoms with Gasteiger partial charge >= 0.3 is 43.4 Å². The fourth-order valence-corrected chi connectivity index (χ4v) is 4.15. The summed E-state index contributed by atoms with van der Waals surface area (Å²) < 4.78 is 21.0. The summed E-state index contributed by atoms with van der Waals surface area (Å²) in [4.78, 5) is 66.1. The minimum Gasteiger partial charge on any atom is -0.870 e. The van der Waals surface area contributed by atoms with Crippen LogP contribution in [0.4, 0.5) is 0 Å². The Balaban J connectivity index is 0.000000926. The van der Waals surface area contributed by atoms with Crippen LogP contribution >= 0.6 is 0 Å². The van der Waals surface area contributed by atoms with E-state index in [2.05, 4.69) is 19.9 Å². The molecule has 0 atom stereocenters. The Morgan fingerprint density at radius 3 is 0.745 bits per heavy atom. The van der Waals surface area contributed by atoms with Crippen molar-refractivity contribution < 1.29 is 68.6 Å². The molecule has 0 fully saturated rings. The minimum atomic E-state index is -0.512. The van der Waals surface area contributed by atoms with Gasteiger partial charge in [0.15, 0.2) is 0 Å². The number of nitrogens with zero attached hydrogens (tertiary/aromatic N) is 4. The molecule has 14 nitrogen and oxygen atoms in total. The number of hydrogen-bond acceptors (Lipinski definition) is 14. The molecule has 0 saturated heterocycles. The molecule has 15 heteroatoms. The molecule has 274 valence electrons. The predicted octanol–water partition coefficient (Wildman–Crippen LogP) is 6.19. The molecule has 0 radical (unpaired) electrons. The van der Waals surface area contributed by atoms with Crippen molar-refractivity contribution in [3.05, 3.63) is 95.6 Å². The van der Waals surface area contributed by atoms with Gasteiger partial charge in [0.1, 0.15) is 22.8 Å². The Morgan fingerprint density at radius 2 is 0.588 bits per heavy atom. The van der Waals surface area contributed by atoms with E-state index in [1.165, 1.54) is 24.8 Å². The van der Waals surface area contributed by atoms with Crippen LogP contribution in [-0.2, 0) is 38.4 Å². The van der Waals surface area contributed by atoms with Gasteiger partial charge in [-0.2, -0.15) is 0 Å². The number of pyridine rings is 4. The van der Waals surface area contributed by atoms with E-state index in [1.54, 1.807) is 104 Å². The molecule has 0 aliphatic heterocycles. The largest absolute Gasteiger partial charge is 2.00 e. The molecule has 0 spiro atoms. The van der Waals surface area contributed by atoms with E-state index in [0.717, 1.165) is 0 Å². The molecule has 51 heavy (non-hydrogen) atoms. The fraction of sp³-hybridized carbons (Fsp3) is 0.333. The van der Waals surface area contributed by atoms with Crippen molar-refractivity contribution in [2.75, 3.05) is 0 Å². The Bertz CT molecular complexity index is 1490. The van der Waals surface area contributed by atoms with E-state index in [-0.39, 0.29) is 77.1 Å². The van der Waals surface area contributed by atoms with Gasteiger partial charge in [-0.15, -0.1) is 0 Å². The van der Waals surface area contributed by atoms with Gasteiger partial charge in [-0.1, -0.05) is 0 Å². The summed E-state index contributed by atoms with van der Waals surface area (Å²) in [7, 11) is 0. The Kier molecular flexibility index (Phi) is 19.8. The molecule has 0 amide bonds. The molecule has 0 aliphatic rings. The summed E-state index contributed by atoms with van der Waals surface area (Å²) in [5, 5.41) is 0. The van der Waals surface area contributed by atoms with Crippen molar-refractivity contribution >= 4 is 23.9 Å². The van der Waals surface area contributed by atoms with Crippen LogP contribution in [0.15, 0.2) is 73.3 Å². The SMILES string of the molecule is CC(C)OC(=O)c1cccnc1-c1ncccc1C(=O)OC(C)C.CC(C)OC(=O)c1cccnc1-c1ncccc1C(=O)OC(C)C.[OH-].[OH-].[Ru+2]. The third-order valence-corrected chi connectivity index (χ3v) is 5.93. The van der Waals surface area contributed by atoms with Gasteiger partial charge in [0.05, 0.1) is 46.7 Å². The Hall–Kier alpha value is -4.98. The average Bonchev–Trinajstić information content (AvgIpc) is 3.04. The van der Waals surface area contributed by atoms with Crippen LogP contribution in [0, 0.1) is 0 Å². The zero-order valence-corrected chi connectivity index (χ0v) is 31.3. The summed E-state index contributed by atoms with van der Waals surface area (Å²) in [5.41, 5.74) is 2.18. The first-order valence-corrected chi connectivity index (χ1v) is 15.4. The van der Waals surface area contributed by atoms with E-state index in [4.69, 9.17) is 18.9 Å². The second kappa shape index (κ2) is 22.0. The number of carbonyl (C=O) groups is 4. The normalized spacial score (nSPS) is 10.1. The second-order valence-electron chi connectivity index (χ2n) is 11.4. The molecular weight excluding hydrogens is 749 g/mol. The maximum Gasteiger partial charge on any atom is 2.00 e. The molecule has 2 N–H and O–H groups in total. The van der Waals surface area contributed by atoms with Gasteiger partial charge in [-0.05, 0) is 104 Å². The second-order valence-corrected chi connectivity index (χ2v) is 11.4. The van der Waals surface area contributed by atoms with Crippen LogP contribution in [0.3, 0.4) is 0 Å². The number of rotatable bonds is 10. The van der Waals surface area contributed by atoms with Crippen molar-refractivity contribution in [2.24, 2.45) is 0 Å². The number of ether oxygens (including phenoxy) is 4. The summed E-state index contributed by atoms with van der Waals surface area (Å²) in [6.45, 7) is 14.1. The quantitative estimate of drug-likeness (QED) is 0.0994. The van der Waals surface area contributed by atoms with Gasteiger partial charge in [0, 0.05) is 24.8 Å². The molecular formula is C36H42N4O10Ru. The van der Waals surface area contributed by atoms with Crippen molar-refractivity contribution in [1.29, 1.82) is 0 Å². The third kappa shape index (κ3) is 13.3. The molecule has 4 heterocycles. The van der Waals surface area contributed by atoms with E-state index in [0.29, 0.717) is 22.8 Å². The van der Waals surface area contributed by atoms with Crippen LogP contribution in [0.5, 0.6) is 0 Å². The third-order valence-electron chi connectivity index (χ3n) is 5.93. The topological polar surface area (TPSA) is 217 Å². The molecule has 0 unspecified atom stereocenters. The van der Waals surface area contributed by atoms with E-state index >= 15 is 0 Å². The van der Waals surface area contributed by atoms with Crippen LogP contribution in [0.2, 0.25) is 0 Å². The number of esters is 4. The molecule has 4 aromatic rings. The zero-order valence-electron chi connectivity index (χ0n) is 29.5. The summed E-state index contributed by atoms with van der Waals surface area (Å²) in [6.07, 6.45) is 5.08. The molecule has 0 aliphatic carbocycles. The number of aromatic nitrogens is 4. The standard InChI is InChI=1S/2C18H20N2O4.2H2O.Ru/c2*1-11(2)23-17(21)13-7-5-9-19-15(13)16-14(8-6-10-20-16)18(22)24-12(3)4;;;/h2*5-12H,1-4H3;2*1H2;/q;;;;+2/p-2. The van der Waals surface area contributed by atoms with E-state index in [1.807, 2.05) is 0 Å². The average molecular weight is 792 g/mol. The summed E-state index contributed by atoms with van der Waals surface area (Å²) >= 11 is 0. The minimum absolute atomic E-state index is 0. The van der Waals surface area contributed by atoms with Crippen molar-refractivity contribution in [3.63, 3.8) is 0 Å². The van der Waals surface area contributed by atoms with Crippen LogP contribution in [0.25, 0.3) is 22.8 Å². The molecule has 0 aromatic carbocycles. The molecule has 0 saturated carbocycles. The van der Waals surface area contributed by atoms with Crippen molar-refractivity contribution in [1.82, 2.24) is 19.9 Å². The molecule has 4 aromatic heterocycles. The summed E-state index contributed by atoms with van der Waals surface area (Å²) in [6, 6.07) is 12.9. The number of carbonyl (C=O) groups excluding carboxylic acids is 4. The zero-order chi connectivity index (χ0) is 35.4. The van der Waals surface area contributed by atoms with Crippen molar-refractivity contribution in [3.8, 4) is 22.8 Å². The van der Waals surface area contributed by atoms with Gasteiger partial charge in [0.25, 0.3) is 0 Å². The number of hydrogen-bond donors (Lipinski definition) is 0. The van der Waals surface area contributed by atoms with Gasteiger partial charge in [0.2, 0.25) is 0 Å². The maximum atomic E-state index is 12.3. The van der Waals surface area contributed by atoms with E-state index < -0.39 is 23.9 Å². The molecule has 0 bridgehead atoms. The van der Waals surface area contributed by atoms with Gasteiger partial charge in [-0.3, -0.25) is 19.9 Å². The predicted molar refractivity (Wildman–Crippen MR) is 181 cm³/mol. The van der Waals surface area contributed by atoms with Crippen LogP contribution < -0.4 is 0 Å². The smallest absolute Gasteiger partial charge is 0.870 e. The van der Waals surface area contributed by atoms with Crippen molar-refractivity contribution in [2.45, 2.75) is 79.8 Å². The Morgan fingerprint density at radius 1 is 0.412 bits per heavy atom. The first-order valence-electron chi connectivity index (χ1n) is 15.4. The van der Waals surface area contributed by atoms with Gasteiger partial charge < -0.3 is 29.9 Å². The first kappa shape index (κ1) is 46.0. The summed E-state index contributed by atoms with van der Waals surface area (Å²) in [5.74, 6) is -2.05. The van der Waals surface area contributed by atoms with E-state index in [9.17, 15) is 19.2 Å². The Labute approximate surface area is 309 Å². The maximum absolute atomic E-state index is 12.3. The fourth-order valence-electron chi connectivity index (χ4n) is 4.15. The first-order chi connectivity index (χ1) is 22.8.